The van der Waals surface area contributed by atoms with Crippen molar-refractivity contribution in [1.82, 2.24) is 0 Å². The molecule has 0 fully saturated rings. The van der Waals surface area contributed by atoms with Crippen molar-refractivity contribution in [3.8, 4) is 0 Å². The molecule has 0 aromatic heterocycles. The second-order valence-electron chi connectivity index (χ2n) is 3.58. The van der Waals surface area contributed by atoms with Gasteiger partial charge in [0.25, 0.3) is 0 Å². The molecule has 2 rings (SSSR count). The maximum atomic E-state index is 10.8. The van der Waals surface area contributed by atoms with Gasteiger partial charge in [-0.15, -0.1) is 0 Å². The fourth-order valence-corrected chi connectivity index (χ4v) is 2.52. The quantitative estimate of drug-likeness (QED) is 0.389. The van der Waals surface area contributed by atoms with Gasteiger partial charge in [0.2, 0.25) is 0 Å². The van der Waals surface area contributed by atoms with Gasteiger partial charge in [0, 0.05) is 0 Å². The first-order valence-corrected chi connectivity index (χ1v) is 7.45. The minimum Gasteiger partial charge on any atom is -0.744 e. The van der Waals surface area contributed by atoms with Crippen LogP contribution in [0, 0.1) is 0 Å². The van der Waals surface area contributed by atoms with Crippen molar-refractivity contribution in [2.24, 2.45) is 0 Å². The molecule has 0 bridgehead atoms. The smallest absolute Gasteiger partial charge is 0.744 e. The molecular formula is C10H8Na2O7S2. The second-order valence-corrected chi connectivity index (χ2v) is 6.34. The maximum absolute atomic E-state index is 10.8. The van der Waals surface area contributed by atoms with Crippen molar-refractivity contribution in [3.05, 3.63) is 36.4 Å². The second kappa shape index (κ2) is 8.37. The van der Waals surface area contributed by atoms with E-state index in [4.69, 9.17) is 0 Å². The number of rotatable bonds is 2. The molecule has 104 valence electrons. The van der Waals surface area contributed by atoms with Gasteiger partial charge < -0.3 is 14.6 Å². The Labute approximate surface area is 166 Å². The SMILES string of the molecule is O.O=S(=O)([O-])c1ccc2cc(S(=O)(=O)[O-])ccc2c1.[Na+].[Na+]. The first-order valence-electron chi connectivity index (χ1n) is 4.63. The Morgan fingerprint density at radius 3 is 1.19 bits per heavy atom. The van der Waals surface area contributed by atoms with Crippen LogP contribution < -0.4 is 59.1 Å². The molecule has 2 aromatic carbocycles. The van der Waals surface area contributed by atoms with Gasteiger partial charge in [-0.25, -0.2) is 16.8 Å². The monoisotopic (exact) mass is 350 g/mol. The zero-order valence-corrected chi connectivity index (χ0v) is 16.9. The summed E-state index contributed by atoms with van der Waals surface area (Å²) < 4.78 is 64.8. The van der Waals surface area contributed by atoms with E-state index in [0.717, 1.165) is 24.3 Å². The fraction of sp³-hybridized carbons (Fsp3) is 0. The molecule has 11 heteroatoms. The Hall–Kier alpha value is 0.480. The molecule has 0 unspecified atom stereocenters. The van der Waals surface area contributed by atoms with Crippen molar-refractivity contribution in [3.63, 3.8) is 0 Å². The Kier molecular flexibility index (Phi) is 9.46. The third kappa shape index (κ3) is 5.88. The topological polar surface area (TPSA) is 146 Å². The molecule has 21 heavy (non-hydrogen) atoms. The van der Waals surface area contributed by atoms with Gasteiger partial charge >= 0.3 is 59.1 Å². The van der Waals surface area contributed by atoms with E-state index in [-0.39, 0.29) is 64.6 Å². The molecule has 0 heterocycles. The predicted octanol–water partition coefficient (Wildman–Crippen LogP) is -6.17. The van der Waals surface area contributed by atoms with E-state index in [9.17, 15) is 25.9 Å². The molecule has 0 amide bonds. The average Bonchev–Trinajstić information content (AvgIpc) is 2.25. The molecule has 7 nitrogen and oxygen atoms in total. The zero-order chi connectivity index (χ0) is 13.6. The van der Waals surface area contributed by atoms with Crippen molar-refractivity contribution < 1.29 is 90.5 Å². The maximum Gasteiger partial charge on any atom is 1.00 e. The largest absolute Gasteiger partial charge is 1.00 e. The van der Waals surface area contributed by atoms with Crippen molar-refractivity contribution in [2.45, 2.75) is 9.79 Å². The van der Waals surface area contributed by atoms with E-state index in [2.05, 4.69) is 0 Å². The van der Waals surface area contributed by atoms with Crippen LogP contribution in [0.1, 0.15) is 0 Å². The number of hydrogen-bond donors (Lipinski definition) is 0. The van der Waals surface area contributed by atoms with Gasteiger partial charge in [-0.1, -0.05) is 12.1 Å². The molecule has 2 aromatic rings. The number of fused-ring (bicyclic) bond motifs is 1. The normalized spacial score (nSPS) is 11.0. The summed E-state index contributed by atoms with van der Waals surface area (Å²) in [5.74, 6) is 0. The predicted molar refractivity (Wildman–Crippen MR) is 63.5 cm³/mol. The standard InChI is InChI=1S/C10H8O6S2.2Na.H2O/c11-17(12,13)9-3-1-7-5-10(18(14,15)16)4-2-8(7)6-9;;;/h1-6H,(H,11,12,13)(H,14,15,16);;;1H2/q;2*+1;/p-2. The van der Waals surface area contributed by atoms with E-state index >= 15 is 0 Å². The number of benzene rings is 2. The van der Waals surface area contributed by atoms with E-state index in [0.29, 0.717) is 10.8 Å². The van der Waals surface area contributed by atoms with Crippen LogP contribution in [0.15, 0.2) is 46.2 Å². The van der Waals surface area contributed by atoms with Crippen molar-refractivity contribution >= 4 is 31.0 Å². The summed E-state index contributed by atoms with van der Waals surface area (Å²) in [4.78, 5) is -0.819. The summed E-state index contributed by atoms with van der Waals surface area (Å²) in [5, 5.41) is 0.721. The average molecular weight is 350 g/mol. The van der Waals surface area contributed by atoms with Gasteiger partial charge in [-0.3, -0.25) is 0 Å². The minimum atomic E-state index is -4.56. The number of hydrogen-bond acceptors (Lipinski definition) is 6. The Balaban J connectivity index is 0. The van der Waals surface area contributed by atoms with Gasteiger partial charge in [0.1, 0.15) is 20.2 Å². The molecule has 0 atom stereocenters. The third-order valence-electron chi connectivity index (χ3n) is 2.36. The van der Waals surface area contributed by atoms with Crippen LogP contribution in [0.3, 0.4) is 0 Å². The molecule has 0 aliphatic carbocycles. The molecule has 0 spiro atoms. The van der Waals surface area contributed by atoms with E-state index in [1.165, 1.54) is 12.1 Å². The summed E-state index contributed by atoms with van der Waals surface area (Å²) in [5.41, 5.74) is 0. The van der Waals surface area contributed by atoms with Crippen LogP contribution in [0.2, 0.25) is 0 Å². The van der Waals surface area contributed by atoms with Crippen LogP contribution in [0.5, 0.6) is 0 Å². The van der Waals surface area contributed by atoms with E-state index in [1.54, 1.807) is 0 Å². The molecule has 0 saturated carbocycles. The molecule has 0 aliphatic heterocycles. The summed E-state index contributed by atoms with van der Waals surface area (Å²) in [6.07, 6.45) is 0. The van der Waals surface area contributed by atoms with Gasteiger partial charge in [0.15, 0.2) is 0 Å². The van der Waals surface area contributed by atoms with Gasteiger partial charge in [0.05, 0.1) is 9.79 Å². The van der Waals surface area contributed by atoms with Crippen molar-refractivity contribution in [1.29, 1.82) is 0 Å². The Morgan fingerprint density at radius 2 is 0.952 bits per heavy atom. The van der Waals surface area contributed by atoms with Gasteiger partial charge in [-0.2, -0.15) is 0 Å². The Morgan fingerprint density at radius 1 is 0.667 bits per heavy atom. The summed E-state index contributed by atoms with van der Waals surface area (Å²) in [7, 11) is -9.13. The van der Waals surface area contributed by atoms with Crippen molar-refractivity contribution in [2.75, 3.05) is 0 Å². The van der Waals surface area contributed by atoms with Crippen LogP contribution in [0.25, 0.3) is 10.8 Å². The van der Waals surface area contributed by atoms with Gasteiger partial charge in [-0.05, 0) is 35.0 Å². The molecule has 0 radical (unpaired) electrons. The zero-order valence-electron chi connectivity index (χ0n) is 11.2. The summed E-state index contributed by atoms with van der Waals surface area (Å²) >= 11 is 0. The van der Waals surface area contributed by atoms with Crippen LogP contribution in [0.4, 0.5) is 0 Å². The first-order chi connectivity index (χ1) is 8.18. The van der Waals surface area contributed by atoms with E-state index in [1.807, 2.05) is 0 Å². The first kappa shape index (κ1) is 23.7. The molecule has 2 N–H and O–H groups in total. The summed E-state index contributed by atoms with van der Waals surface area (Å²) in [6, 6.07) is 6.92. The fourth-order valence-electron chi connectivity index (χ4n) is 1.51. The molecule has 0 saturated heterocycles. The van der Waals surface area contributed by atoms with E-state index < -0.39 is 30.0 Å². The minimum absolute atomic E-state index is 0. The van der Waals surface area contributed by atoms with Crippen LogP contribution in [-0.4, -0.2) is 31.4 Å². The Bertz CT molecular complexity index is 760. The molecule has 0 aliphatic rings. The van der Waals surface area contributed by atoms with Crippen LogP contribution in [-0.2, 0) is 20.2 Å². The summed E-state index contributed by atoms with van der Waals surface area (Å²) in [6.45, 7) is 0. The van der Waals surface area contributed by atoms with Crippen LogP contribution >= 0.6 is 0 Å². The molecular weight excluding hydrogens is 342 g/mol. The third-order valence-corrected chi connectivity index (χ3v) is 4.02.